The number of piperazine rings is 1. The third-order valence-electron chi connectivity index (χ3n) is 4.56. The van der Waals surface area contributed by atoms with E-state index in [1.54, 1.807) is 28.0 Å². The highest BCUT2D eigenvalue weighted by molar-refractivity contribution is 5.87. The van der Waals surface area contributed by atoms with E-state index in [9.17, 15) is 9.59 Å². The number of aromatic nitrogens is 2. The number of aryl methyl sites for hydroxylation is 2. The van der Waals surface area contributed by atoms with Crippen LogP contribution in [0.5, 0.6) is 0 Å². The van der Waals surface area contributed by atoms with Gasteiger partial charge in [0, 0.05) is 32.0 Å². The molecule has 2 heterocycles. The van der Waals surface area contributed by atoms with E-state index in [4.69, 9.17) is 0 Å². The van der Waals surface area contributed by atoms with Crippen molar-refractivity contribution in [2.24, 2.45) is 0 Å². The second-order valence-electron chi connectivity index (χ2n) is 6.73. The molecule has 2 aromatic rings. The molecular weight excluding hydrogens is 316 g/mol. The van der Waals surface area contributed by atoms with Gasteiger partial charge in [-0.1, -0.05) is 29.3 Å². The lowest BCUT2D eigenvalue weighted by atomic mass is 10.1. The summed E-state index contributed by atoms with van der Waals surface area (Å²) in [5.41, 5.74) is 3.53. The third-order valence-corrected chi connectivity index (χ3v) is 4.56. The molecule has 0 bridgehead atoms. The van der Waals surface area contributed by atoms with Gasteiger partial charge in [0.25, 0.3) is 0 Å². The minimum absolute atomic E-state index is 0.00794. The van der Waals surface area contributed by atoms with Gasteiger partial charge >= 0.3 is 0 Å². The number of hydrogen-bond acceptors (Lipinski definition) is 3. The van der Waals surface area contributed by atoms with Gasteiger partial charge in [0.15, 0.2) is 0 Å². The van der Waals surface area contributed by atoms with Gasteiger partial charge in [-0.2, -0.15) is 5.10 Å². The first-order valence-electron chi connectivity index (χ1n) is 8.57. The van der Waals surface area contributed by atoms with Gasteiger partial charge in [-0.05, 0) is 32.4 Å². The van der Waals surface area contributed by atoms with Crippen LogP contribution < -0.4 is 0 Å². The third kappa shape index (κ3) is 3.90. The summed E-state index contributed by atoms with van der Waals surface area (Å²) >= 11 is 0. The van der Waals surface area contributed by atoms with Gasteiger partial charge in [-0.15, -0.1) is 0 Å². The van der Waals surface area contributed by atoms with Crippen LogP contribution in [-0.4, -0.2) is 51.0 Å². The van der Waals surface area contributed by atoms with Crippen molar-refractivity contribution < 1.29 is 9.59 Å². The monoisotopic (exact) mass is 340 g/mol. The van der Waals surface area contributed by atoms with E-state index in [2.05, 4.69) is 37.1 Å². The van der Waals surface area contributed by atoms with Crippen LogP contribution in [0.1, 0.15) is 29.7 Å². The van der Waals surface area contributed by atoms with Crippen molar-refractivity contribution in [3.05, 3.63) is 53.3 Å². The largest absolute Gasteiger partial charge is 0.335 e. The standard InChI is InChI=1S/C19H24N4O2/c1-14-9-15(2)11-17(10-14)12-21-7-8-22(13-18(21)24)19(25)16(3)23-6-4-5-20-23/h4-6,9-11,16H,7-8,12-13H2,1-3H3. The summed E-state index contributed by atoms with van der Waals surface area (Å²) in [5.74, 6) is -0.0745. The van der Waals surface area contributed by atoms with Gasteiger partial charge in [-0.25, -0.2) is 0 Å². The van der Waals surface area contributed by atoms with Crippen molar-refractivity contribution in [2.45, 2.75) is 33.4 Å². The fourth-order valence-electron chi connectivity index (χ4n) is 3.33. The maximum absolute atomic E-state index is 12.6. The first-order chi connectivity index (χ1) is 11.9. The molecule has 1 atom stereocenters. The summed E-state index contributed by atoms with van der Waals surface area (Å²) in [7, 11) is 0. The predicted molar refractivity (Wildman–Crippen MR) is 94.9 cm³/mol. The number of rotatable bonds is 4. The molecule has 0 aliphatic carbocycles. The van der Waals surface area contributed by atoms with Gasteiger partial charge in [0.2, 0.25) is 11.8 Å². The molecule has 1 saturated heterocycles. The van der Waals surface area contributed by atoms with Crippen molar-refractivity contribution in [3.8, 4) is 0 Å². The second-order valence-corrected chi connectivity index (χ2v) is 6.73. The molecule has 0 radical (unpaired) electrons. The van der Waals surface area contributed by atoms with Crippen LogP contribution in [0.2, 0.25) is 0 Å². The first kappa shape index (κ1) is 17.2. The fraction of sp³-hybridized carbons (Fsp3) is 0.421. The number of amides is 2. The minimum atomic E-state index is -0.395. The predicted octanol–water partition coefficient (Wildman–Crippen LogP) is 1.93. The van der Waals surface area contributed by atoms with Crippen LogP contribution in [-0.2, 0) is 16.1 Å². The second kappa shape index (κ2) is 7.09. The van der Waals surface area contributed by atoms with Crippen molar-refractivity contribution in [2.75, 3.05) is 19.6 Å². The number of carbonyl (C=O) groups is 2. The Morgan fingerprint density at radius 3 is 2.52 bits per heavy atom. The minimum Gasteiger partial charge on any atom is -0.335 e. The van der Waals surface area contributed by atoms with E-state index >= 15 is 0 Å². The lowest BCUT2D eigenvalue weighted by Gasteiger charge is -2.35. The smallest absolute Gasteiger partial charge is 0.247 e. The Bertz CT molecular complexity index is 749. The van der Waals surface area contributed by atoms with Crippen LogP contribution in [0.3, 0.4) is 0 Å². The zero-order valence-corrected chi connectivity index (χ0v) is 15.0. The van der Waals surface area contributed by atoms with Crippen LogP contribution >= 0.6 is 0 Å². The number of nitrogens with zero attached hydrogens (tertiary/aromatic N) is 4. The molecule has 0 spiro atoms. The van der Waals surface area contributed by atoms with Gasteiger partial charge in [-0.3, -0.25) is 14.3 Å². The SMILES string of the molecule is Cc1cc(C)cc(CN2CCN(C(=O)C(C)n3cccn3)CC2=O)c1. The lowest BCUT2D eigenvalue weighted by Crippen LogP contribution is -2.53. The molecule has 3 rings (SSSR count). The van der Waals surface area contributed by atoms with Crippen molar-refractivity contribution in [1.82, 2.24) is 19.6 Å². The topological polar surface area (TPSA) is 58.4 Å². The Kier molecular flexibility index (Phi) is 4.88. The number of hydrogen-bond donors (Lipinski definition) is 0. The molecule has 6 heteroatoms. The first-order valence-corrected chi connectivity index (χ1v) is 8.57. The molecule has 1 unspecified atom stereocenters. The lowest BCUT2D eigenvalue weighted by molar-refractivity contribution is -0.147. The van der Waals surface area contributed by atoms with Crippen LogP contribution in [0, 0.1) is 13.8 Å². The van der Waals surface area contributed by atoms with Gasteiger partial charge in [0.05, 0.1) is 6.54 Å². The molecule has 1 fully saturated rings. The Morgan fingerprint density at radius 1 is 1.20 bits per heavy atom. The van der Waals surface area contributed by atoms with E-state index in [-0.39, 0.29) is 18.4 Å². The molecule has 1 aliphatic rings. The molecule has 0 saturated carbocycles. The summed E-state index contributed by atoms with van der Waals surface area (Å²) in [6, 6.07) is 7.73. The van der Waals surface area contributed by atoms with E-state index in [0.717, 1.165) is 5.56 Å². The molecular formula is C19H24N4O2. The quantitative estimate of drug-likeness (QED) is 0.854. The van der Waals surface area contributed by atoms with Crippen LogP contribution in [0.25, 0.3) is 0 Å². The number of carbonyl (C=O) groups excluding carboxylic acids is 2. The molecule has 1 aromatic heterocycles. The molecule has 1 aliphatic heterocycles. The van der Waals surface area contributed by atoms with E-state index in [0.29, 0.717) is 19.6 Å². The average Bonchev–Trinajstić information content (AvgIpc) is 3.09. The molecule has 1 aromatic carbocycles. The maximum Gasteiger partial charge on any atom is 0.247 e. The highest BCUT2D eigenvalue weighted by Gasteiger charge is 2.30. The molecule has 2 amide bonds. The van der Waals surface area contributed by atoms with E-state index < -0.39 is 6.04 Å². The van der Waals surface area contributed by atoms with Gasteiger partial charge < -0.3 is 9.80 Å². The summed E-state index contributed by atoms with van der Waals surface area (Å²) in [6.07, 6.45) is 3.41. The highest BCUT2D eigenvalue weighted by Crippen LogP contribution is 2.16. The van der Waals surface area contributed by atoms with Crippen LogP contribution in [0.15, 0.2) is 36.7 Å². The van der Waals surface area contributed by atoms with E-state index in [1.165, 1.54) is 11.1 Å². The molecule has 132 valence electrons. The normalized spacial score (nSPS) is 16.2. The Labute approximate surface area is 148 Å². The Balaban J connectivity index is 1.62. The number of benzene rings is 1. The molecule has 0 N–H and O–H groups in total. The maximum atomic E-state index is 12.6. The zero-order chi connectivity index (χ0) is 18.0. The van der Waals surface area contributed by atoms with Gasteiger partial charge in [0.1, 0.15) is 6.04 Å². The Hall–Kier alpha value is -2.63. The fourth-order valence-corrected chi connectivity index (χ4v) is 3.33. The summed E-state index contributed by atoms with van der Waals surface area (Å²) < 4.78 is 1.62. The summed E-state index contributed by atoms with van der Waals surface area (Å²) in [5, 5.41) is 4.11. The highest BCUT2D eigenvalue weighted by atomic mass is 16.2. The van der Waals surface area contributed by atoms with Crippen molar-refractivity contribution in [3.63, 3.8) is 0 Å². The zero-order valence-electron chi connectivity index (χ0n) is 15.0. The summed E-state index contributed by atoms with van der Waals surface area (Å²) in [6.45, 7) is 7.77. The van der Waals surface area contributed by atoms with E-state index in [1.807, 2.05) is 11.8 Å². The van der Waals surface area contributed by atoms with Crippen molar-refractivity contribution >= 4 is 11.8 Å². The molecule has 6 nitrogen and oxygen atoms in total. The van der Waals surface area contributed by atoms with Crippen LogP contribution in [0.4, 0.5) is 0 Å². The van der Waals surface area contributed by atoms with Crippen molar-refractivity contribution in [1.29, 1.82) is 0 Å². The summed E-state index contributed by atoms with van der Waals surface area (Å²) in [4.78, 5) is 28.6. The Morgan fingerprint density at radius 2 is 1.92 bits per heavy atom. The molecule has 25 heavy (non-hydrogen) atoms. The average molecular weight is 340 g/mol.